The van der Waals surface area contributed by atoms with Crippen molar-refractivity contribution < 1.29 is 17.9 Å². The summed E-state index contributed by atoms with van der Waals surface area (Å²) in [7, 11) is -3.97. The Morgan fingerprint density at radius 1 is 1.39 bits per heavy atom. The molecule has 0 radical (unpaired) electrons. The maximum absolute atomic E-state index is 12.3. The van der Waals surface area contributed by atoms with Gasteiger partial charge in [0.2, 0.25) is 11.8 Å². The van der Waals surface area contributed by atoms with Gasteiger partial charge in [-0.15, -0.1) is 0 Å². The summed E-state index contributed by atoms with van der Waals surface area (Å²) in [4.78, 5) is 11.8. The van der Waals surface area contributed by atoms with Gasteiger partial charge >= 0.3 is 0 Å². The average Bonchev–Trinajstić information content (AvgIpc) is 3.15. The Hall–Kier alpha value is -2.36. The van der Waals surface area contributed by atoms with Crippen LogP contribution in [-0.4, -0.2) is 40.5 Å². The van der Waals surface area contributed by atoms with E-state index >= 15 is 0 Å². The average molecular weight is 339 g/mol. The minimum Gasteiger partial charge on any atom is -0.477 e. The van der Waals surface area contributed by atoms with Crippen molar-refractivity contribution in [3.63, 3.8) is 0 Å². The van der Waals surface area contributed by atoms with E-state index in [1.54, 1.807) is 23.1 Å². The Bertz CT molecular complexity index is 781. The molecule has 0 fully saturated rings. The lowest BCUT2D eigenvalue weighted by molar-refractivity contribution is -0.119. The fraction of sp³-hybridized carbons (Fsp3) is 0.462. The van der Waals surface area contributed by atoms with Crippen molar-refractivity contribution in [3.05, 3.63) is 24.7 Å². The molecule has 3 heterocycles. The summed E-state index contributed by atoms with van der Waals surface area (Å²) in [6.45, 7) is 1.58. The number of rotatable bonds is 6. The largest absolute Gasteiger partial charge is 0.477 e. The first-order chi connectivity index (χ1) is 11.1. The van der Waals surface area contributed by atoms with E-state index in [1.807, 2.05) is 0 Å². The van der Waals surface area contributed by atoms with Gasteiger partial charge < -0.3 is 4.74 Å². The van der Waals surface area contributed by atoms with E-state index in [1.165, 1.54) is 10.9 Å². The first kappa shape index (κ1) is 15.5. The number of amides is 1. The molecule has 1 N–H and O–H groups in total. The zero-order valence-electron chi connectivity index (χ0n) is 12.4. The summed E-state index contributed by atoms with van der Waals surface area (Å²) in [5.41, 5.74) is 0. The highest BCUT2D eigenvalue weighted by molar-refractivity contribution is 7.90. The molecule has 23 heavy (non-hydrogen) atoms. The lowest BCUT2D eigenvalue weighted by atomic mass is 10.3. The van der Waals surface area contributed by atoms with Crippen LogP contribution in [0, 0.1) is 0 Å². The van der Waals surface area contributed by atoms with Crippen LogP contribution in [0.25, 0.3) is 0 Å². The van der Waals surface area contributed by atoms with Gasteiger partial charge in [-0.1, -0.05) is 0 Å². The lowest BCUT2D eigenvalue weighted by Crippen LogP contribution is -2.31. The number of aryl methyl sites for hydroxylation is 2. The van der Waals surface area contributed by atoms with Gasteiger partial charge in [0, 0.05) is 38.3 Å². The molecule has 0 unspecified atom stereocenters. The number of nitrogens with one attached hydrogen (secondary N) is 1. The second-order valence-corrected chi connectivity index (χ2v) is 6.79. The summed E-state index contributed by atoms with van der Waals surface area (Å²) in [5.74, 6) is -0.374. The van der Waals surface area contributed by atoms with Crippen LogP contribution in [0.15, 0.2) is 29.6 Å². The lowest BCUT2D eigenvalue weighted by Gasteiger charge is -2.16. The third kappa shape index (κ3) is 3.52. The van der Waals surface area contributed by atoms with Crippen LogP contribution in [0.3, 0.4) is 0 Å². The zero-order chi connectivity index (χ0) is 16.3. The molecule has 10 heteroatoms. The monoisotopic (exact) mass is 339 g/mol. The van der Waals surface area contributed by atoms with E-state index in [2.05, 4.69) is 14.9 Å². The Labute approximate surface area is 133 Å². The van der Waals surface area contributed by atoms with Crippen molar-refractivity contribution in [1.82, 2.24) is 24.3 Å². The van der Waals surface area contributed by atoms with Crippen LogP contribution in [0.2, 0.25) is 0 Å². The van der Waals surface area contributed by atoms with Crippen molar-refractivity contribution >= 4 is 15.9 Å². The quantitative estimate of drug-likeness (QED) is 0.802. The van der Waals surface area contributed by atoms with Crippen molar-refractivity contribution in [2.45, 2.75) is 37.2 Å². The summed E-state index contributed by atoms with van der Waals surface area (Å²) < 4.78 is 35.2. The van der Waals surface area contributed by atoms with Crippen molar-refractivity contribution in [3.8, 4) is 5.88 Å². The molecule has 9 nitrogen and oxygen atoms in total. The smallest absolute Gasteiger partial charge is 0.271 e. The SMILES string of the molecule is O=C(CCCn1cccn1)NS(=O)(=O)c1cnn2c1OCCC2. The normalized spacial score (nSPS) is 14.1. The summed E-state index contributed by atoms with van der Waals surface area (Å²) in [6.07, 6.45) is 5.99. The topological polar surface area (TPSA) is 108 Å². The number of fused-ring (bicyclic) bond motifs is 1. The van der Waals surface area contributed by atoms with Crippen LogP contribution >= 0.6 is 0 Å². The molecule has 1 amide bonds. The van der Waals surface area contributed by atoms with Gasteiger partial charge in [0.15, 0.2) is 4.90 Å². The van der Waals surface area contributed by atoms with Crippen molar-refractivity contribution in [1.29, 1.82) is 0 Å². The predicted molar refractivity (Wildman–Crippen MR) is 79.1 cm³/mol. The second kappa shape index (κ2) is 6.41. The number of carbonyl (C=O) groups excluding carboxylic acids is 1. The molecule has 2 aromatic rings. The molecule has 1 aliphatic heterocycles. The van der Waals surface area contributed by atoms with Gasteiger partial charge in [0.05, 0.1) is 12.8 Å². The first-order valence-electron chi connectivity index (χ1n) is 7.28. The minimum absolute atomic E-state index is 0.0867. The van der Waals surface area contributed by atoms with Crippen LogP contribution in [-0.2, 0) is 27.9 Å². The van der Waals surface area contributed by atoms with Crippen LogP contribution in [0.5, 0.6) is 5.88 Å². The second-order valence-electron chi connectivity index (χ2n) is 5.14. The van der Waals surface area contributed by atoms with Gasteiger partial charge in [-0.2, -0.15) is 10.2 Å². The highest BCUT2D eigenvalue weighted by atomic mass is 32.2. The molecule has 1 aliphatic rings. The standard InChI is InChI=1S/C13H17N5O4S/c19-12(4-1-6-17-7-2-5-14-17)16-23(20,21)11-10-15-18-8-3-9-22-13(11)18/h2,5,7,10H,1,3-4,6,8-9H2,(H,16,19). The maximum atomic E-state index is 12.3. The number of sulfonamides is 1. The molecule has 0 aliphatic carbocycles. The van der Waals surface area contributed by atoms with Gasteiger partial charge in [0.1, 0.15) is 0 Å². The van der Waals surface area contributed by atoms with Gasteiger partial charge in [-0.25, -0.2) is 17.8 Å². The van der Waals surface area contributed by atoms with Gasteiger partial charge in [0.25, 0.3) is 10.0 Å². The molecule has 2 aromatic heterocycles. The molecule has 0 atom stereocenters. The Morgan fingerprint density at radius 2 is 2.26 bits per heavy atom. The van der Waals surface area contributed by atoms with E-state index in [0.29, 0.717) is 26.1 Å². The molecule has 0 bridgehead atoms. The molecular weight excluding hydrogens is 322 g/mol. The van der Waals surface area contributed by atoms with Crippen LogP contribution in [0.1, 0.15) is 19.3 Å². The molecule has 0 aromatic carbocycles. The summed E-state index contributed by atoms with van der Waals surface area (Å²) in [5, 5.41) is 7.99. The van der Waals surface area contributed by atoms with E-state index in [9.17, 15) is 13.2 Å². The Morgan fingerprint density at radius 3 is 3.04 bits per heavy atom. The molecule has 0 spiro atoms. The number of nitrogens with zero attached hydrogens (tertiary/aromatic N) is 4. The highest BCUT2D eigenvalue weighted by Crippen LogP contribution is 2.26. The Balaban J connectivity index is 1.59. The first-order valence-corrected chi connectivity index (χ1v) is 8.76. The molecule has 124 valence electrons. The molecule has 0 saturated carbocycles. The third-order valence-electron chi connectivity index (χ3n) is 3.40. The summed E-state index contributed by atoms with van der Waals surface area (Å²) >= 11 is 0. The minimum atomic E-state index is -3.97. The zero-order valence-corrected chi connectivity index (χ0v) is 13.2. The predicted octanol–water partition coefficient (Wildman–Crippen LogP) is 0.147. The molecule has 0 saturated heterocycles. The van der Waals surface area contributed by atoms with Crippen molar-refractivity contribution in [2.24, 2.45) is 0 Å². The van der Waals surface area contributed by atoms with Gasteiger partial charge in [-0.3, -0.25) is 9.48 Å². The number of ether oxygens (including phenoxy) is 1. The van der Waals surface area contributed by atoms with Gasteiger partial charge in [-0.05, 0) is 12.5 Å². The number of hydrogen-bond acceptors (Lipinski definition) is 6. The third-order valence-corrected chi connectivity index (χ3v) is 4.76. The van der Waals surface area contributed by atoms with E-state index in [4.69, 9.17) is 4.74 Å². The molecule has 3 rings (SSSR count). The highest BCUT2D eigenvalue weighted by Gasteiger charge is 2.27. The fourth-order valence-corrected chi connectivity index (χ4v) is 3.41. The van der Waals surface area contributed by atoms with E-state index in [0.717, 1.165) is 6.42 Å². The van der Waals surface area contributed by atoms with Crippen LogP contribution in [0.4, 0.5) is 0 Å². The maximum Gasteiger partial charge on any atom is 0.271 e. The number of aromatic nitrogens is 4. The fourth-order valence-electron chi connectivity index (χ4n) is 2.32. The Kier molecular flexibility index (Phi) is 4.33. The number of carbonyl (C=O) groups is 1. The summed E-state index contributed by atoms with van der Waals surface area (Å²) in [6, 6.07) is 1.79. The van der Waals surface area contributed by atoms with Crippen molar-refractivity contribution in [2.75, 3.05) is 6.61 Å². The number of hydrogen-bond donors (Lipinski definition) is 1. The molecular formula is C13H17N5O4S. The van der Waals surface area contributed by atoms with E-state index in [-0.39, 0.29) is 17.2 Å². The van der Waals surface area contributed by atoms with Crippen LogP contribution < -0.4 is 9.46 Å². The van der Waals surface area contributed by atoms with E-state index < -0.39 is 15.9 Å².